The van der Waals surface area contributed by atoms with Crippen LogP contribution in [0.2, 0.25) is 0 Å². The third kappa shape index (κ3) is 8.38. The Morgan fingerprint density at radius 1 is 0.936 bits per heavy atom. The highest BCUT2D eigenvalue weighted by Crippen LogP contribution is 2.42. The number of carboxylic acids is 2. The maximum atomic E-state index is 12.4. The number of carbonyl (C=O) groups is 2. The summed E-state index contributed by atoms with van der Waals surface area (Å²) in [6, 6.07) is 20.9. The predicted octanol–water partition coefficient (Wildman–Crippen LogP) is 6.18. The number of carboxylic acid groups (broad SMARTS) is 2. The van der Waals surface area contributed by atoms with Crippen LogP contribution in [0.4, 0.5) is 5.69 Å². The number of thiocarbonyl (C=S) groups is 1. The number of phenols is 1. The zero-order valence-electron chi connectivity index (χ0n) is 24.8. The van der Waals surface area contributed by atoms with E-state index in [1.807, 2.05) is 6.07 Å². The van der Waals surface area contributed by atoms with Gasteiger partial charge >= 0.3 is 11.9 Å². The lowest BCUT2D eigenvalue weighted by Gasteiger charge is -2.18. The number of benzene rings is 4. The Morgan fingerprint density at radius 3 is 2.55 bits per heavy atom. The van der Waals surface area contributed by atoms with Gasteiger partial charge in [-0.3, -0.25) is 4.79 Å². The largest absolute Gasteiger partial charge is 0.508 e. The molecule has 0 radical (unpaired) electrons. The van der Waals surface area contributed by atoms with Gasteiger partial charge in [-0.05, 0) is 90.3 Å². The molecule has 1 heterocycles. The van der Waals surface area contributed by atoms with Gasteiger partial charge in [0.25, 0.3) is 0 Å². The number of anilines is 1. The Hall–Kier alpha value is -6.01. The summed E-state index contributed by atoms with van der Waals surface area (Å²) in [6.07, 6.45) is 5.54. The van der Waals surface area contributed by atoms with Gasteiger partial charge in [0.05, 0.1) is 11.8 Å². The zero-order valence-corrected chi connectivity index (χ0v) is 25.6. The fourth-order valence-corrected chi connectivity index (χ4v) is 5.12. The van der Waals surface area contributed by atoms with Crippen LogP contribution in [-0.4, -0.2) is 51.7 Å². The first-order valence-corrected chi connectivity index (χ1v) is 14.9. The quantitative estimate of drug-likeness (QED) is 0.0260. The number of fused-ring (bicyclic) bond motifs is 2. The van der Waals surface area contributed by atoms with E-state index in [0.717, 1.165) is 23.6 Å². The van der Waals surface area contributed by atoms with Gasteiger partial charge in [-0.2, -0.15) is 0 Å². The van der Waals surface area contributed by atoms with Crippen molar-refractivity contribution in [2.75, 3.05) is 18.5 Å². The fraction of sp³-hybridized carbons (Fsp3) is 0.114. The average Bonchev–Trinajstić information content (AvgIpc) is 3.04. The molecule has 0 bridgehead atoms. The van der Waals surface area contributed by atoms with Gasteiger partial charge in [-0.25, -0.2) is 9.59 Å². The minimum absolute atomic E-state index is 0.00651. The molecule has 47 heavy (non-hydrogen) atoms. The minimum atomic E-state index is -1.16. The molecule has 0 saturated heterocycles. The van der Waals surface area contributed by atoms with Crippen LogP contribution in [0, 0.1) is 0 Å². The van der Waals surface area contributed by atoms with E-state index in [-0.39, 0.29) is 22.5 Å². The van der Waals surface area contributed by atoms with Crippen LogP contribution in [0.3, 0.4) is 0 Å². The first kappa shape index (κ1) is 32.4. The molecule has 3 aromatic rings. The fourth-order valence-electron chi connectivity index (χ4n) is 4.90. The molecular weight excluding hydrogens is 622 g/mol. The highest BCUT2D eigenvalue weighted by molar-refractivity contribution is 7.80. The molecule has 0 aromatic heterocycles. The Labute approximate surface area is 273 Å². The van der Waals surface area contributed by atoms with Gasteiger partial charge in [-0.1, -0.05) is 29.4 Å². The summed E-state index contributed by atoms with van der Waals surface area (Å²) in [7, 11) is 0. The Kier molecular flexibility index (Phi) is 10.2. The van der Waals surface area contributed by atoms with Crippen LogP contribution in [0.1, 0.15) is 34.3 Å². The first-order valence-electron chi connectivity index (χ1n) is 14.5. The van der Waals surface area contributed by atoms with E-state index < -0.39 is 11.9 Å². The van der Waals surface area contributed by atoms with Crippen molar-refractivity contribution in [3.8, 4) is 28.2 Å². The second kappa shape index (κ2) is 14.8. The van der Waals surface area contributed by atoms with E-state index in [1.165, 1.54) is 36.4 Å². The molecule has 0 amide bonds. The van der Waals surface area contributed by atoms with Crippen LogP contribution < -0.4 is 16.1 Å². The minimum Gasteiger partial charge on any atom is -0.508 e. The molecule has 11 nitrogen and oxygen atoms in total. The van der Waals surface area contributed by atoms with E-state index in [2.05, 4.69) is 15.8 Å². The number of rotatable bonds is 12. The lowest BCUT2D eigenvalue weighted by atomic mass is 9.90. The lowest BCUT2D eigenvalue weighted by molar-refractivity contribution is -0.131. The summed E-state index contributed by atoms with van der Waals surface area (Å²) in [5, 5.41) is 39.9. The number of nitrogens with one attached hydrogen (secondary N) is 2. The Morgan fingerprint density at radius 2 is 1.74 bits per heavy atom. The van der Waals surface area contributed by atoms with Crippen molar-refractivity contribution in [3.63, 3.8) is 0 Å². The molecular formula is C35H29N3O8S. The number of oxime groups is 1. The van der Waals surface area contributed by atoms with Crippen molar-refractivity contribution < 1.29 is 34.2 Å². The summed E-state index contributed by atoms with van der Waals surface area (Å²) in [4.78, 5) is 40.5. The third-order valence-corrected chi connectivity index (χ3v) is 7.25. The predicted molar refractivity (Wildman–Crippen MR) is 183 cm³/mol. The van der Waals surface area contributed by atoms with Crippen LogP contribution in [-0.2, 0) is 9.63 Å². The van der Waals surface area contributed by atoms with E-state index in [1.54, 1.807) is 48.7 Å². The molecule has 238 valence electrons. The second-order valence-corrected chi connectivity index (χ2v) is 10.8. The number of unbranched alkanes of at least 4 members (excludes halogenated alkanes) is 1. The standard InChI is InChI=1S/C35H29N3O8S/c39-24-8-11-27-30(18-24)46-31-19-25(40)9-12-28(31)33(27)26-10-7-23(17-29(26)34(43)44)38-35(47)36-14-1-2-15-45-37-20-22-5-3-4-21(16-22)6-13-32(41)42/h3-13,16-20,39H,1-2,14-15H2,(H,41,42)(H,43,44)(H2,36,38,47)/b13-6-,37-20+. The van der Waals surface area contributed by atoms with Crippen molar-refractivity contribution >= 4 is 58.2 Å². The summed E-state index contributed by atoms with van der Waals surface area (Å²) in [5.74, 6) is -1.94. The molecule has 0 fully saturated rings. The van der Waals surface area contributed by atoms with Crippen LogP contribution >= 0.6 is 12.2 Å². The van der Waals surface area contributed by atoms with Crippen molar-refractivity contribution in [3.05, 3.63) is 112 Å². The van der Waals surface area contributed by atoms with Gasteiger partial charge in [0.15, 0.2) is 10.5 Å². The van der Waals surface area contributed by atoms with Crippen molar-refractivity contribution in [2.45, 2.75) is 12.8 Å². The molecule has 5 N–H and O–H groups in total. The molecule has 2 aliphatic rings. The molecule has 12 heteroatoms. The van der Waals surface area contributed by atoms with Gasteiger partial charge in [0.1, 0.15) is 23.7 Å². The molecule has 5 rings (SSSR count). The first-order chi connectivity index (χ1) is 22.7. The monoisotopic (exact) mass is 651 g/mol. The molecule has 0 saturated carbocycles. The van der Waals surface area contributed by atoms with Crippen molar-refractivity contribution in [1.82, 2.24) is 5.32 Å². The summed E-state index contributed by atoms with van der Waals surface area (Å²) >= 11 is 5.41. The highest BCUT2D eigenvalue weighted by atomic mass is 32.1. The van der Waals surface area contributed by atoms with Gasteiger partial charge in [0.2, 0.25) is 0 Å². The number of phenolic OH excluding ortho intramolecular Hbond substituents is 1. The normalized spacial score (nSPS) is 11.3. The van der Waals surface area contributed by atoms with Gasteiger partial charge in [-0.15, -0.1) is 0 Å². The van der Waals surface area contributed by atoms with Crippen molar-refractivity contribution in [1.29, 1.82) is 0 Å². The Bertz CT molecular complexity index is 2050. The van der Waals surface area contributed by atoms with E-state index in [9.17, 15) is 24.6 Å². The number of aromatic carboxylic acids is 1. The van der Waals surface area contributed by atoms with Crippen LogP contribution in [0.25, 0.3) is 39.5 Å². The second-order valence-electron chi connectivity index (χ2n) is 10.4. The van der Waals surface area contributed by atoms with E-state index in [4.69, 9.17) is 26.6 Å². The van der Waals surface area contributed by atoms with Gasteiger partial charge < -0.3 is 35.2 Å². The molecule has 0 unspecified atom stereocenters. The SMILES string of the molecule is O=C(O)/C=C\c1cccc(/C=N/OCCCCNC(=S)Nc2ccc(-c3c4ccc(=O)cc-4oc4cc(O)ccc34)c(C(=O)O)c2)c1. The number of hydrogen-bond donors (Lipinski definition) is 5. The van der Waals surface area contributed by atoms with Crippen LogP contribution in [0.5, 0.6) is 5.75 Å². The average molecular weight is 652 g/mol. The summed E-state index contributed by atoms with van der Waals surface area (Å²) in [6.45, 7) is 0.924. The maximum Gasteiger partial charge on any atom is 0.336 e. The van der Waals surface area contributed by atoms with Crippen LogP contribution in [0.15, 0.2) is 99.3 Å². The molecule has 0 atom stereocenters. The highest BCUT2D eigenvalue weighted by Gasteiger charge is 2.22. The van der Waals surface area contributed by atoms with E-state index in [0.29, 0.717) is 58.0 Å². The summed E-state index contributed by atoms with van der Waals surface area (Å²) < 4.78 is 5.88. The molecule has 0 spiro atoms. The lowest BCUT2D eigenvalue weighted by Crippen LogP contribution is -2.29. The number of aliphatic carboxylic acids is 1. The molecule has 3 aromatic carbocycles. The number of hydrogen-bond acceptors (Lipinski definition) is 8. The maximum absolute atomic E-state index is 12.4. The van der Waals surface area contributed by atoms with E-state index >= 15 is 0 Å². The number of aromatic hydroxyl groups is 1. The van der Waals surface area contributed by atoms with Crippen molar-refractivity contribution in [2.24, 2.45) is 5.16 Å². The summed E-state index contributed by atoms with van der Waals surface area (Å²) in [5.41, 5.74) is 3.53. The van der Waals surface area contributed by atoms with Gasteiger partial charge in [0, 0.05) is 47.0 Å². The molecule has 1 aliphatic carbocycles. The zero-order chi connectivity index (χ0) is 33.3. The Balaban J connectivity index is 1.18. The topological polar surface area (TPSA) is 171 Å². The third-order valence-electron chi connectivity index (χ3n) is 7.01. The smallest absolute Gasteiger partial charge is 0.336 e. The number of nitrogens with zero attached hydrogens (tertiary/aromatic N) is 1. The molecule has 1 aliphatic heterocycles.